The van der Waals surface area contributed by atoms with Crippen molar-refractivity contribution in [2.75, 3.05) is 24.6 Å². The molecule has 2 heterocycles. The van der Waals surface area contributed by atoms with Crippen molar-refractivity contribution in [2.24, 2.45) is 0 Å². The zero-order chi connectivity index (χ0) is 13.9. The molecule has 0 bridgehead atoms. The Kier molecular flexibility index (Phi) is 3.74. The van der Waals surface area contributed by atoms with Crippen LogP contribution in [0, 0.1) is 0 Å². The van der Waals surface area contributed by atoms with Gasteiger partial charge in [0.05, 0.1) is 5.69 Å². The molecule has 1 atom stereocenters. The lowest BCUT2D eigenvalue weighted by molar-refractivity contribution is -0.121. The fourth-order valence-electron chi connectivity index (χ4n) is 2.92. The van der Waals surface area contributed by atoms with Crippen molar-refractivity contribution in [3.8, 4) is 5.75 Å². The Balaban J connectivity index is 1.85. The van der Waals surface area contributed by atoms with Gasteiger partial charge in [0.15, 0.2) is 6.61 Å². The summed E-state index contributed by atoms with van der Waals surface area (Å²) < 4.78 is 5.50. The van der Waals surface area contributed by atoms with Gasteiger partial charge in [0, 0.05) is 12.6 Å². The summed E-state index contributed by atoms with van der Waals surface area (Å²) >= 11 is 0. The largest absolute Gasteiger partial charge is 0.482 e. The third kappa shape index (κ3) is 2.56. The lowest BCUT2D eigenvalue weighted by atomic mass is 10.0. The topological polar surface area (TPSA) is 41.6 Å². The molecule has 0 radical (unpaired) electrons. The number of ether oxygens (including phenoxy) is 1. The number of nitrogens with one attached hydrogen (secondary N) is 1. The molecule has 0 aliphatic carbocycles. The van der Waals surface area contributed by atoms with Gasteiger partial charge in [0.1, 0.15) is 5.75 Å². The molecule has 0 saturated carbocycles. The van der Waals surface area contributed by atoms with Gasteiger partial charge in [-0.3, -0.25) is 4.79 Å². The molecular formula is C16H20N2O2. The third-order valence-electron chi connectivity index (χ3n) is 3.92. The van der Waals surface area contributed by atoms with Crippen molar-refractivity contribution in [3.63, 3.8) is 0 Å². The zero-order valence-corrected chi connectivity index (χ0v) is 11.6. The molecule has 2 aliphatic heterocycles. The maximum atomic E-state index is 11.9. The second kappa shape index (κ2) is 5.67. The number of carbonyl (C=O) groups excluding carboxylic acids is 1. The van der Waals surface area contributed by atoms with E-state index < -0.39 is 0 Å². The van der Waals surface area contributed by atoms with Gasteiger partial charge in [-0.05, 0) is 43.5 Å². The second-order valence-corrected chi connectivity index (χ2v) is 5.38. The monoisotopic (exact) mass is 272 g/mol. The van der Waals surface area contributed by atoms with Crippen molar-refractivity contribution in [2.45, 2.75) is 25.3 Å². The second-order valence-electron chi connectivity index (χ2n) is 5.38. The molecule has 0 aromatic heterocycles. The zero-order valence-electron chi connectivity index (χ0n) is 11.6. The van der Waals surface area contributed by atoms with Crippen molar-refractivity contribution in [3.05, 3.63) is 36.4 Å². The fraction of sp³-hybridized carbons (Fsp3) is 0.438. The van der Waals surface area contributed by atoms with Crippen molar-refractivity contribution >= 4 is 11.6 Å². The lowest BCUT2D eigenvalue weighted by Gasteiger charge is -2.29. The van der Waals surface area contributed by atoms with E-state index in [0.717, 1.165) is 24.4 Å². The highest BCUT2D eigenvalue weighted by molar-refractivity contribution is 5.98. The summed E-state index contributed by atoms with van der Waals surface area (Å²) in [5.41, 5.74) is 2.12. The SMILES string of the molecule is C=CCN1C(=O)COc2ccc(CC3CCCN3)cc21. The average Bonchev–Trinajstić information content (AvgIpc) is 2.95. The maximum absolute atomic E-state index is 11.9. The Hall–Kier alpha value is -1.81. The quantitative estimate of drug-likeness (QED) is 0.851. The molecule has 4 nitrogen and oxygen atoms in total. The predicted octanol–water partition coefficient (Wildman–Crippen LogP) is 1.89. The van der Waals surface area contributed by atoms with Gasteiger partial charge in [-0.2, -0.15) is 0 Å². The minimum absolute atomic E-state index is 0.00598. The summed E-state index contributed by atoms with van der Waals surface area (Å²) in [6.07, 6.45) is 5.23. The normalized spacial score (nSPS) is 21.5. The summed E-state index contributed by atoms with van der Waals surface area (Å²) in [6.45, 7) is 5.48. The van der Waals surface area contributed by atoms with Crippen LogP contribution >= 0.6 is 0 Å². The van der Waals surface area contributed by atoms with Gasteiger partial charge in [-0.25, -0.2) is 0 Å². The highest BCUT2D eigenvalue weighted by Crippen LogP contribution is 2.33. The molecule has 1 saturated heterocycles. The number of amides is 1. The summed E-state index contributed by atoms with van der Waals surface area (Å²) in [5, 5.41) is 3.50. The summed E-state index contributed by atoms with van der Waals surface area (Å²) in [4.78, 5) is 13.7. The van der Waals surface area contributed by atoms with Gasteiger partial charge in [-0.1, -0.05) is 12.1 Å². The predicted molar refractivity (Wildman–Crippen MR) is 79.2 cm³/mol. The summed E-state index contributed by atoms with van der Waals surface area (Å²) in [7, 11) is 0. The molecule has 1 fully saturated rings. The number of anilines is 1. The molecule has 1 amide bonds. The van der Waals surface area contributed by atoms with Crippen LogP contribution in [0.15, 0.2) is 30.9 Å². The molecular weight excluding hydrogens is 252 g/mol. The van der Waals surface area contributed by atoms with Gasteiger partial charge < -0.3 is 15.0 Å². The van der Waals surface area contributed by atoms with Crippen LogP contribution in [0.1, 0.15) is 18.4 Å². The maximum Gasteiger partial charge on any atom is 0.265 e. The van der Waals surface area contributed by atoms with Gasteiger partial charge in [0.2, 0.25) is 0 Å². The van der Waals surface area contributed by atoms with E-state index in [0.29, 0.717) is 12.6 Å². The van der Waals surface area contributed by atoms with E-state index in [1.165, 1.54) is 18.4 Å². The Morgan fingerprint density at radius 2 is 2.40 bits per heavy atom. The molecule has 1 unspecified atom stereocenters. The Morgan fingerprint density at radius 3 is 3.15 bits per heavy atom. The van der Waals surface area contributed by atoms with E-state index >= 15 is 0 Å². The number of hydrogen-bond donors (Lipinski definition) is 1. The van der Waals surface area contributed by atoms with E-state index in [4.69, 9.17) is 4.74 Å². The van der Waals surface area contributed by atoms with Crippen LogP contribution in [0.4, 0.5) is 5.69 Å². The van der Waals surface area contributed by atoms with Crippen LogP contribution in [0.3, 0.4) is 0 Å². The third-order valence-corrected chi connectivity index (χ3v) is 3.92. The lowest BCUT2D eigenvalue weighted by Crippen LogP contribution is -2.39. The van der Waals surface area contributed by atoms with Crippen molar-refractivity contribution < 1.29 is 9.53 Å². The van der Waals surface area contributed by atoms with Gasteiger partial charge in [0.25, 0.3) is 5.91 Å². The van der Waals surface area contributed by atoms with Gasteiger partial charge in [-0.15, -0.1) is 6.58 Å². The molecule has 2 aliphatic rings. The number of rotatable bonds is 4. The first kappa shape index (κ1) is 13.2. The summed E-state index contributed by atoms with van der Waals surface area (Å²) in [6, 6.07) is 6.71. The van der Waals surface area contributed by atoms with E-state index in [1.807, 2.05) is 6.07 Å². The van der Waals surface area contributed by atoms with Crippen molar-refractivity contribution in [1.82, 2.24) is 5.32 Å². The Bertz CT molecular complexity index is 521. The molecule has 1 N–H and O–H groups in total. The highest BCUT2D eigenvalue weighted by atomic mass is 16.5. The minimum Gasteiger partial charge on any atom is -0.482 e. The number of hydrogen-bond acceptors (Lipinski definition) is 3. The molecule has 1 aromatic carbocycles. The van der Waals surface area contributed by atoms with Crippen LogP contribution in [-0.2, 0) is 11.2 Å². The number of benzene rings is 1. The number of carbonyl (C=O) groups is 1. The Labute approximate surface area is 119 Å². The van der Waals surface area contributed by atoms with E-state index in [9.17, 15) is 4.79 Å². The van der Waals surface area contributed by atoms with Gasteiger partial charge >= 0.3 is 0 Å². The highest BCUT2D eigenvalue weighted by Gasteiger charge is 2.25. The molecule has 20 heavy (non-hydrogen) atoms. The molecule has 4 heteroatoms. The smallest absolute Gasteiger partial charge is 0.265 e. The first-order chi connectivity index (χ1) is 9.78. The standard InChI is InChI=1S/C16H20N2O2/c1-2-8-18-14-10-12(9-13-4-3-7-17-13)5-6-15(14)20-11-16(18)19/h2,5-6,10,13,17H,1,3-4,7-9,11H2. The van der Waals surface area contributed by atoms with E-state index in [-0.39, 0.29) is 12.5 Å². The van der Waals surface area contributed by atoms with Crippen molar-refractivity contribution in [1.29, 1.82) is 0 Å². The summed E-state index contributed by atoms with van der Waals surface area (Å²) in [5.74, 6) is 0.781. The minimum atomic E-state index is -0.00598. The first-order valence-corrected chi connectivity index (χ1v) is 7.18. The van der Waals surface area contributed by atoms with E-state index in [1.54, 1.807) is 11.0 Å². The van der Waals surface area contributed by atoms with Crippen LogP contribution in [-0.4, -0.2) is 31.6 Å². The van der Waals surface area contributed by atoms with Crippen LogP contribution in [0.5, 0.6) is 5.75 Å². The number of nitrogens with zero attached hydrogens (tertiary/aromatic N) is 1. The molecule has 0 spiro atoms. The van der Waals surface area contributed by atoms with Crippen LogP contribution in [0.2, 0.25) is 0 Å². The molecule has 1 aromatic rings. The fourth-order valence-corrected chi connectivity index (χ4v) is 2.92. The van der Waals surface area contributed by atoms with Crippen LogP contribution in [0.25, 0.3) is 0 Å². The Morgan fingerprint density at radius 1 is 1.50 bits per heavy atom. The first-order valence-electron chi connectivity index (χ1n) is 7.18. The van der Waals surface area contributed by atoms with E-state index in [2.05, 4.69) is 24.0 Å². The molecule has 3 rings (SSSR count). The van der Waals surface area contributed by atoms with Crippen LogP contribution < -0.4 is 15.0 Å². The number of fused-ring (bicyclic) bond motifs is 1. The molecule has 106 valence electrons. The average molecular weight is 272 g/mol.